The van der Waals surface area contributed by atoms with Crippen LogP contribution in [0, 0.1) is 5.82 Å². The summed E-state index contributed by atoms with van der Waals surface area (Å²) in [6.45, 7) is 0.589. The van der Waals surface area contributed by atoms with E-state index in [2.05, 4.69) is 21.2 Å². The molecule has 1 fully saturated rings. The van der Waals surface area contributed by atoms with Crippen molar-refractivity contribution < 1.29 is 9.18 Å². The topological polar surface area (TPSA) is 29.1 Å². The lowest BCUT2D eigenvalue weighted by Crippen LogP contribution is -2.27. The second kappa shape index (κ2) is 7.29. The number of rotatable bonds is 5. The Hall–Kier alpha value is -0.550. The predicted molar refractivity (Wildman–Crippen MR) is 81.1 cm³/mol. The van der Waals surface area contributed by atoms with Crippen molar-refractivity contribution in [3.05, 3.63) is 34.1 Å². The maximum Gasteiger partial charge on any atom is 0.254 e. The fourth-order valence-corrected chi connectivity index (χ4v) is 3.79. The molecule has 0 unspecified atom stereocenters. The van der Waals surface area contributed by atoms with Crippen molar-refractivity contribution in [3.63, 3.8) is 0 Å². The summed E-state index contributed by atoms with van der Waals surface area (Å²) in [4.78, 5) is 11.8. The van der Waals surface area contributed by atoms with Crippen molar-refractivity contribution in [3.8, 4) is 0 Å². The molecular formula is C14H17BrFNOS. The smallest absolute Gasteiger partial charge is 0.254 e. The second-order valence-corrected chi connectivity index (χ2v) is 6.98. The molecule has 2 nitrogen and oxygen atoms in total. The Labute approximate surface area is 125 Å². The van der Waals surface area contributed by atoms with Crippen LogP contribution < -0.4 is 5.32 Å². The van der Waals surface area contributed by atoms with Crippen LogP contribution in [-0.2, 0) is 0 Å². The molecule has 2 rings (SSSR count). The van der Waals surface area contributed by atoms with Crippen LogP contribution in [0.2, 0.25) is 0 Å². The van der Waals surface area contributed by atoms with Gasteiger partial charge in [-0.05, 0) is 31.0 Å². The number of halogens is 2. The fourth-order valence-electron chi connectivity index (χ4n) is 2.21. The van der Waals surface area contributed by atoms with Gasteiger partial charge in [0.2, 0.25) is 0 Å². The van der Waals surface area contributed by atoms with E-state index in [-0.39, 0.29) is 11.5 Å². The summed E-state index contributed by atoms with van der Waals surface area (Å²) in [5.41, 5.74) is 0.0974. The summed E-state index contributed by atoms with van der Waals surface area (Å²) >= 11 is 5.15. The van der Waals surface area contributed by atoms with Crippen LogP contribution in [0.1, 0.15) is 36.0 Å². The maximum atomic E-state index is 13.5. The third kappa shape index (κ3) is 4.49. The molecule has 0 saturated heterocycles. The number of carbonyl (C=O) groups excluding carboxylic acids is 1. The molecule has 0 bridgehead atoms. The highest BCUT2D eigenvalue weighted by Gasteiger charge is 2.15. The van der Waals surface area contributed by atoms with Gasteiger partial charge in [-0.3, -0.25) is 4.79 Å². The molecule has 1 aromatic rings. The van der Waals surface area contributed by atoms with Gasteiger partial charge in [0.1, 0.15) is 5.82 Å². The van der Waals surface area contributed by atoms with Gasteiger partial charge in [-0.15, -0.1) is 0 Å². The van der Waals surface area contributed by atoms with Gasteiger partial charge in [0.15, 0.2) is 0 Å². The molecule has 0 aromatic heterocycles. The van der Waals surface area contributed by atoms with Gasteiger partial charge < -0.3 is 5.32 Å². The van der Waals surface area contributed by atoms with Crippen molar-refractivity contribution >= 4 is 33.6 Å². The first kappa shape index (κ1) is 14.9. The second-order valence-electron chi connectivity index (χ2n) is 4.66. The molecule has 1 aromatic carbocycles. The van der Waals surface area contributed by atoms with Gasteiger partial charge >= 0.3 is 0 Å². The standard InChI is InChI=1S/C14H17BrFNOS/c15-10-5-6-13(16)12(9-10)14(18)17-7-8-19-11-3-1-2-4-11/h5-6,9,11H,1-4,7-8H2,(H,17,18). The first-order chi connectivity index (χ1) is 9.16. The molecule has 1 aliphatic carbocycles. The Bertz CT molecular complexity index is 449. The van der Waals surface area contributed by atoms with Gasteiger partial charge in [-0.25, -0.2) is 4.39 Å². The Morgan fingerprint density at radius 1 is 1.42 bits per heavy atom. The largest absolute Gasteiger partial charge is 0.351 e. The van der Waals surface area contributed by atoms with Crippen molar-refractivity contribution in [2.75, 3.05) is 12.3 Å². The lowest BCUT2D eigenvalue weighted by Gasteiger charge is -2.10. The monoisotopic (exact) mass is 345 g/mol. The Morgan fingerprint density at radius 2 is 2.16 bits per heavy atom. The fraction of sp³-hybridized carbons (Fsp3) is 0.500. The first-order valence-electron chi connectivity index (χ1n) is 6.51. The minimum absolute atomic E-state index is 0.0974. The Morgan fingerprint density at radius 3 is 2.89 bits per heavy atom. The molecule has 0 radical (unpaired) electrons. The van der Waals surface area contributed by atoms with E-state index < -0.39 is 5.82 Å². The average molecular weight is 346 g/mol. The van der Waals surface area contributed by atoms with Crippen LogP contribution >= 0.6 is 27.7 Å². The number of amides is 1. The number of carbonyl (C=O) groups is 1. The molecule has 1 N–H and O–H groups in total. The summed E-state index contributed by atoms with van der Waals surface area (Å²) in [6.07, 6.45) is 5.23. The zero-order valence-corrected chi connectivity index (χ0v) is 13.0. The van der Waals surface area contributed by atoms with E-state index in [1.807, 2.05) is 11.8 Å². The summed E-state index contributed by atoms with van der Waals surface area (Å²) in [5.74, 6) is 0.0708. The van der Waals surface area contributed by atoms with Gasteiger partial charge in [0, 0.05) is 22.0 Å². The molecule has 1 aliphatic rings. The number of benzene rings is 1. The number of hydrogen-bond acceptors (Lipinski definition) is 2. The molecule has 0 atom stereocenters. The van der Waals surface area contributed by atoms with E-state index in [4.69, 9.17) is 0 Å². The van der Waals surface area contributed by atoms with Gasteiger partial charge in [0.25, 0.3) is 5.91 Å². The zero-order valence-electron chi connectivity index (χ0n) is 10.6. The highest BCUT2D eigenvalue weighted by Crippen LogP contribution is 2.28. The third-order valence-corrected chi connectivity index (χ3v) is 5.09. The van der Waals surface area contributed by atoms with Crippen molar-refractivity contribution in [1.82, 2.24) is 5.32 Å². The molecule has 0 spiro atoms. The van der Waals surface area contributed by atoms with Gasteiger partial charge in [-0.1, -0.05) is 28.8 Å². The molecule has 1 saturated carbocycles. The van der Waals surface area contributed by atoms with E-state index in [0.29, 0.717) is 11.0 Å². The van der Waals surface area contributed by atoms with E-state index in [9.17, 15) is 9.18 Å². The SMILES string of the molecule is O=C(NCCSC1CCCC1)c1cc(Br)ccc1F. The van der Waals surface area contributed by atoms with Crippen molar-refractivity contribution in [2.45, 2.75) is 30.9 Å². The lowest BCUT2D eigenvalue weighted by molar-refractivity contribution is 0.0952. The minimum Gasteiger partial charge on any atom is -0.351 e. The molecule has 5 heteroatoms. The lowest BCUT2D eigenvalue weighted by atomic mass is 10.2. The third-order valence-electron chi connectivity index (χ3n) is 3.22. The first-order valence-corrected chi connectivity index (χ1v) is 8.36. The summed E-state index contributed by atoms with van der Waals surface area (Å²) in [6, 6.07) is 4.39. The van der Waals surface area contributed by atoms with Crippen LogP contribution in [0.5, 0.6) is 0 Å². The predicted octanol–water partition coefficient (Wildman–Crippen LogP) is 3.99. The highest BCUT2D eigenvalue weighted by molar-refractivity contribution is 9.10. The summed E-state index contributed by atoms with van der Waals surface area (Å²) in [7, 11) is 0. The number of thioether (sulfide) groups is 1. The van der Waals surface area contributed by atoms with Crippen LogP contribution in [0.3, 0.4) is 0 Å². The number of nitrogens with one attached hydrogen (secondary N) is 1. The van der Waals surface area contributed by atoms with Crippen LogP contribution in [0.4, 0.5) is 4.39 Å². The van der Waals surface area contributed by atoms with Crippen LogP contribution in [0.25, 0.3) is 0 Å². The molecule has 19 heavy (non-hydrogen) atoms. The van der Waals surface area contributed by atoms with Crippen LogP contribution in [0.15, 0.2) is 22.7 Å². The molecule has 1 amide bonds. The van der Waals surface area contributed by atoms with Gasteiger partial charge in [0.05, 0.1) is 5.56 Å². The quantitative estimate of drug-likeness (QED) is 0.817. The summed E-state index contributed by atoms with van der Waals surface area (Å²) < 4.78 is 14.2. The Balaban J connectivity index is 1.75. The zero-order chi connectivity index (χ0) is 13.7. The van der Waals surface area contributed by atoms with E-state index in [1.165, 1.54) is 37.8 Å². The molecule has 104 valence electrons. The highest BCUT2D eigenvalue weighted by atomic mass is 79.9. The Kier molecular flexibility index (Phi) is 5.70. The maximum absolute atomic E-state index is 13.5. The molecule has 0 heterocycles. The van der Waals surface area contributed by atoms with E-state index >= 15 is 0 Å². The molecule has 0 aliphatic heterocycles. The summed E-state index contributed by atoms with van der Waals surface area (Å²) in [5, 5.41) is 3.52. The number of hydrogen-bond donors (Lipinski definition) is 1. The normalized spacial score (nSPS) is 15.7. The minimum atomic E-state index is -0.482. The van der Waals surface area contributed by atoms with E-state index in [0.717, 1.165) is 11.0 Å². The average Bonchev–Trinajstić information content (AvgIpc) is 2.90. The van der Waals surface area contributed by atoms with Crippen molar-refractivity contribution in [2.24, 2.45) is 0 Å². The van der Waals surface area contributed by atoms with Crippen LogP contribution in [-0.4, -0.2) is 23.5 Å². The molecular weight excluding hydrogens is 329 g/mol. The van der Waals surface area contributed by atoms with E-state index in [1.54, 1.807) is 6.07 Å². The van der Waals surface area contributed by atoms with Crippen molar-refractivity contribution in [1.29, 1.82) is 0 Å². The van der Waals surface area contributed by atoms with Gasteiger partial charge in [-0.2, -0.15) is 11.8 Å².